The van der Waals surface area contributed by atoms with Crippen LogP contribution in [0.15, 0.2) is 42.5 Å². The van der Waals surface area contributed by atoms with Crippen LogP contribution in [0.5, 0.6) is 0 Å². The topological polar surface area (TPSA) is 35.6 Å². The first-order valence-corrected chi connectivity index (χ1v) is 9.32. The Hall–Kier alpha value is -1.91. The molecule has 1 aliphatic rings. The molecule has 1 heterocycles. The Kier molecular flexibility index (Phi) is 6.05. The highest BCUT2D eigenvalue weighted by Gasteiger charge is 2.20. The molecule has 0 bridgehead atoms. The molecule has 1 N–H and O–H groups in total. The lowest BCUT2D eigenvalue weighted by Gasteiger charge is -2.31. The van der Waals surface area contributed by atoms with E-state index in [1.54, 1.807) is 0 Å². The molecule has 25 heavy (non-hydrogen) atoms. The van der Waals surface area contributed by atoms with E-state index >= 15 is 0 Å². The minimum atomic E-state index is 0.137. The smallest absolute Gasteiger partial charge is 0.234 e. The van der Waals surface area contributed by atoms with Crippen molar-refractivity contribution in [2.45, 2.75) is 32.4 Å². The van der Waals surface area contributed by atoms with Crippen LogP contribution >= 0.6 is 0 Å². The summed E-state index contributed by atoms with van der Waals surface area (Å²) in [4.78, 5) is 16.9. The first-order chi connectivity index (χ1) is 12.2. The molecule has 4 heteroatoms. The van der Waals surface area contributed by atoms with Crippen LogP contribution in [0.1, 0.15) is 25.3 Å². The summed E-state index contributed by atoms with van der Waals surface area (Å²) in [7, 11) is 2.01. The van der Waals surface area contributed by atoms with Gasteiger partial charge in [-0.2, -0.15) is 0 Å². The molecular weight excluding hydrogens is 310 g/mol. The van der Waals surface area contributed by atoms with Crippen molar-refractivity contribution in [3.63, 3.8) is 0 Å². The fourth-order valence-electron chi connectivity index (χ4n) is 3.69. The zero-order valence-electron chi connectivity index (χ0n) is 15.4. The van der Waals surface area contributed by atoms with Crippen molar-refractivity contribution in [1.29, 1.82) is 0 Å². The molecule has 4 nitrogen and oxygen atoms in total. The number of carbonyl (C=O) groups is 1. The molecular formula is C21H29N3O. The summed E-state index contributed by atoms with van der Waals surface area (Å²) in [6, 6.07) is 15.1. The Morgan fingerprint density at radius 3 is 2.64 bits per heavy atom. The summed E-state index contributed by atoms with van der Waals surface area (Å²) in [5.74, 6) is 0.137. The van der Waals surface area contributed by atoms with Crippen LogP contribution in [0.2, 0.25) is 0 Å². The van der Waals surface area contributed by atoms with Crippen LogP contribution < -0.4 is 5.32 Å². The average Bonchev–Trinajstić information content (AvgIpc) is 2.62. The van der Waals surface area contributed by atoms with E-state index in [1.807, 2.05) is 7.05 Å². The maximum Gasteiger partial charge on any atom is 0.234 e. The zero-order chi connectivity index (χ0) is 17.6. The predicted molar refractivity (Wildman–Crippen MR) is 104 cm³/mol. The van der Waals surface area contributed by atoms with E-state index in [0.717, 1.165) is 39.0 Å². The fourth-order valence-corrected chi connectivity index (χ4v) is 3.69. The van der Waals surface area contributed by atoms with E-state index in [2.05, 4.69) is 64.5 Å². The molecule has 2 aromatic carbocycles. The average molecular weight is 339 g/mol. The molecule has 1 aliphatic heterocycles. The Balaban J connectivity index is 1.52. The normalized spacial score (nSPS) is 16.4. The molecule has 0 spiro atoms. The third-order valence-corrected chi connectivity index (χ3v) is 5.13. The molecule has 0 radical (unpaired) electrons. The minimum absolute atomic E-state index is 0.137. The summed E-state index contributed by atoms with van der Waals surface area (Å²) >= 11 is 0. The van der Waals surface area contributed by atoms with Crippen molar-refractivity contribution in [2.24, 2.45) is 0 Å². The van der Waals surface area contributed by atoms with Gasteiger partial charge in [-0.3, -0.25) is 9.69 Å². The number of nitrogens with zero attached hydrogens (tertiary/aromatic N) is 2. The Bertz CT molecular complexity index is 702. The van der Waals surface area contributed by atoms with Crippen LogP contribution in [-0.2, 0) is 11.3 Å². The number of carbonyl (C=O) groups excluding carboxylic acids is 1. The van der Waals surface area contributed by atoms with Crippen molar-refractivity contribution < 1.29 is 4.79 Å². The van der Waals surface area contributed by atoms with Gasteiger partial charge in [0.05, 0.1) is 6.54 Å². The van der Waals surface area contributed by atoms with Crippen molar-refractivity contribution in [2.75, 3.05) is 33.2 Å². The number of piperidine rings is 1. The van der Waals surface area contributed by atoms with Gasteiger partial charge in [-0.05, 0) is 42.8 Å². The van der Waals surface area contributed by atoms with Gasteiger partial charge in [-0.25, -0.2) is 0 Å². The molecule has 0 saturated carbocycles. The monoisotopic (exact) mass is 339 g/mol. The van der Waals surface area contributed by atoms with Gasteiger partial charge in [0.25, 0.3) is 0 Å². The van der Waals surface area contributed by atoms with E-state index in [1.165, 1.54) is 16.3 Å². The van der Waals surface area contributed by atoms with Crippen LogP contribution in [-0.4, -0.2) is 55.0 Å². The number of likely N-dealkylation sites (tertiary alicyclic amines) is 1. The van der Waals surface area contributed by atoms with Crippen molar-refractivity contribution in [3.05, 3.63) is 48.0 Å². The van der Waals surface area contributed by atoms with Gasteiger partial charge in [-0.1, -0.05) is 49.4 Å². The first-order valence-electron chi connectivity index (χ1n) is 9.32. The van der Waals surface area contributed by atoms with Gasteiger partial charge >= 0.3 is 0 Å². The van der Waals surface area contributed by atoms with Crippen LogP contribution in [0.4, 0.5) is 0 Å². The van der Waals surface area contributed by atoms with E-state index in [-0.39, 0.29) is 5.91 Å². The van der Waals surface area contributed by atoms with E-state index in [9.17, 15) is 4.79 Å². The highest BCUT2D eigenvalue weighted by molar-refractivity contribution is 5.85. The maximum atomic E-state index is 12.4. The van der Waals surface area contributed by atoms with Crippen molar-refractivity contribution in [1.82, 2.24) is 15.1 Å². The summed E-state index contributed by atoms with van der Waals surface area (Å²) in [6.07, 6.45) is 2.12. The molecule has 3 rings (SSSR count). The number of hydrogen-bond acceptors (Lipinski definition) is 3. The maximum absolute atomic E-state index is 12.4. The Morgan fingerprint density at radius 2 is 1.88 bits per heavy atom. The van der Waals surface area contributed by atoms with Gasteiger partial charge < -0.3 is 10.2 Å². The number of hydrogen-bond donors (Lipinski definition) is 1. The molecule has 2 aromatic rings. The van der Waals surface area contributed by atoms with E-state index < -0.39 is 0 Å². The van der Waals surface area contributed by atoms with Crippen molar-refractivity contribution >= 4 is 16.7 Å². The molecule has 0 atom stereocenters. The molecule has 134 valence electrons. The summed E-state index contributed by atoms with van der Waals surface area (Å²) in [5.41, 5.74) is 1.27. The van der Waals surface area contributed by atoms with Gasteiger partial charge in [0.2, 0.25) is 5.91 Å². The lowest BCUT2D eigenvalue weighted by atomic mass is 10.0. The number of fused-ring (bicyclic) bond motifs is 1. The van der Waals surface area contributed by atoms with Gasteiger partial charge in [-0.15, -0.1) is 0 Å². The number of amides is 1. The second-order valence-corrected chi connectivity index (χ2v) is 7.09. The lowest BCUT2D eigenvalue weighted by Crippen LogP contribution is -2.46. The third kappa shape index (κ3) is 4.80. The third-order valence-electron chi connectivity index (χ3n) is 5.13. The highest BCUT2D eigenvalue weighted by atomic mass is 16.2. The Morgan fingerprint density at radius 1 is 1.16 bits per heavy atom. The van der Waals surface area contributed by atoms with Crippen molar-refractivity contribution in [3.8, 4) is 0 Å². The summed E-state index contributed by atoms with van der Waals surface area (Å²) in [5, 5.41) is 5.73. The molecule has 1 saturated heterocycles. The van der Waals surface area contributed by atoms with Crippen LogP contribution in [0.3, 0.4) is 0 Å². The largest absolute Gasteiger partial charge is 0.352 e. The molecule has 0 aliphatic carbocycles. The summed E-state index contributed by atoms with van der Waals surface area (Å²) in [6.45, 7) is 6.70. The van der Waals surface area contributed by atoms with Gasteiger partial charge in [0.1, 0.15) is 0 Å². The molecule has 1 amide bonds. The summed E-state index contributed by atoms with van der Waals surface area (Å²) < 4.78 is 0. The Labute approximate surface area is 150 Å². The number of likely N-dealkylation sites (N-methyl/N-ethyl adjacent to an activating group) is 1. The molecule has 0 aromatic heterocycles. The van der Waals surface area contributed by atoms with Crippen LogP contribution in [0.25, 0.3) is 10.8 Å². The second kappa shape index (κ2) is 8.45. The second-order valence-electron chi connectivity index (χ2n) is 7.09. The number of benzene rings is 2. The first kappa shape index (κ1) is 17.9. The number of nitrogens with one attached hydrogen (secondary N) is 1. The predicted octanol–water partition coefficient (Wildman–Crippen LogP) is 2.87. The fraction of sp³-hybridized carbons (Fsp3) is 0.476. The molecule has 0 unspecified atom stereocenters. The highest BCUT2D eigenvalue weighted by Crippen LogP contribution is 2.19. The SMILES string of the molecule is CCN1CCC(NC(=O)CN(C)Cc2cccc3ccccc23)CC1. The van der Waals surface area contributed by atoms with E-state index in [0.29, 0.717) is 12.6 Å². The molecule has 1 fully saturated rings. The van der Waals surface area contributed by atoms with E-state index in [4.69, 9.17) is 0 Å². The number of rotatable bonds is 6. The standard InChI is InChI=1S/C21H29N3O/c1-3-24-13-11-19(12-14-24)22-21(25)16-23(2)15-18-9-6-8-17-7-4-5-10-20(17)18/h4-10,19H,3,11-16H2,1-2H3,(H,22,25). The lowest BCUT2D eigenvalue weighted by molar-refractivity contribution is -0.123. The van der Waals surface area contributed by atoms with Gasteiger partial charge in [0.15, 0.2) is 0 Å². The van der Waals surface area contributed by atoms with Crippen LogP contribution in [0, 0.1) is 0 Å². The van der Waals surface area contributed by atoms with Gasteiger partial charge in [0, 0.05) is 25.7 Å². The quantitative estimate of drug-likeness (QED) is 0.879. The minimum Gasteiger partial charge on any atom is -0.352 e. The zero-order valence-corrected chi connectivity index (χ0v) is 15.4.